The Balaban J connectivity index is 2.69. The molecule has 6 heteroatoms. The summed E-state index contributed by atoms with van der Waals surface area (Å²) in [6.07, 6.45) is 0. The van der Waals surface area contributed by atoms with Crippen molar-refractivity contribution >= 4 is 23.5 Å². The molecule has 0 atom stereocenters. The molecule has 18 heavy (non-hydrogen) atoms. The molecule has 0 fully saturated rings. The summed E-state index contributed by atoms with van der Waals surface area (Å²) in [5, 5.41) is 2.69. The highest BCUT2D eigenvalue weighted by Crippen LogP contribution is 2.27. The number of rotatable bonds is 5. The van der Waals surface area contributed by atoms with Gasteiger partial charge in [-0.05, 0) is 32.0 Å². The Hall–Kier alpha value is -1.30. The van der Waals surface area contributed by atoms with Crippen LogP contribution < -0.4 is 5.32 Å². The smallest absolute Gasteiger partial charge is 0.321 e. The maximum atomic E-state index is 12.2. The number of amides is 2. The molecular weight excluding hydrogens is 258 g/mol. The second-order valence-electron chi connectivity index (χ2n) is 3.51. The number of nitrogens with zero attached hydrogens (tertiary/aromatic N) is 1. The van der Waals surface area contributed by atoms with E-state index in [0.29, 0.717) is 35.4 Å². The highest BCUT2D eigenvalue weighted by atomic mass is 32.2. The van der Waals surface area contributed by atoms with E-state index >= 15 is 0 Å². The van der Waals surface area contributed by atoms with Gasteiger partial charge < -0.3 is 10.2 Å². The molecule has 0 unspecified atom stereocenters. The molecule has 0 saturated carbocycles. The number of benzene rings is 1. The van der Waals surface area contributed by atoms with Crippen molar-refractivity contribution in [2.75, 3.05) is 18.4 Å². The SMILES string of the molecule is CCN(CC)C(=O)Nc1cccc(SC(F)F)c1. The number of anilines is 1. The molecule has 100 valence electrons. The topological polar surface area (TPSA) is 32.3 Å². The van der Waals surface area contributed by atoms with E-state index in [4.69, 9.17) is 0 Å². The Bertz CT molecular complexity index is 397. The number of urea groups is 1. The number of thioether (sulfide) groups is 1. The molecule has 0 aliphatic rings. The van der Waals surface area contributed by atoms with Crippen LogP contribution >= 0.6 is 11.8 Å². The lowest BCUT2D eigenvalue weighted by Crippen LogP contribution is -2.34. The first-order valence-corrected chi connectivity index (χ1v) is 6.55. The maximum absolute atomic E-state index is 12.2. The predicted molar refractivity (Wildman–Crippen MR) is 70.2 cm³/mol. The number of carbonyl (C=O) groups excluding carboxylic acids is 1. The number of alkyl halides is 2. The summed E-state index contributed by atoms with van der Waals surface area (Å²) in [5.74, 6) is -2.46. The van der Waals surface area contributed by atoms with E-state index in [-0.39, 0.29) is 6.03 Å². The first-order chi connectivity index (χ1) is 8.56. The van der Waals surface area contributed by atoms with Crippen LogP contribution in [0.15, 0.2) is 29.2 Å². The summed E-state index contributed by atoms with van der Waals surface area (Å²) in [6.45, 7) is 4.97. The lowest BCUT2D eigenvalue weighted by molar-refractivity contribution is 0.217. The summed E-state index contributed by atoms with van der Waals surface area (Å²) in [6, 6.07) is 6.22. The third-order valence-electron chi connectivity index (χ3n) is 2.36. The minimum absolute atomic E-state index is 0.223. The number of nitrogens with one attached hydrogen (secondary N) is 1. The Morgan fingerprint density at radius 3 is 2.61 bits per heavy atom. The van der Waals surface area contributed by atoms with Gasteiger partial charge in [0, 0.05) is 23.7 Å². The van der Waals surface area contributed by atoms with Crippen molar-refractivity contribution in [3.63, 3.8) is 0 Å². The third kappa shape index (κ3) is 4.52. The molecule has 0 spiro atoms. The summed E-state index contributed by atoms with van der Waals surface area (Å²) in [4.78, 5) is 13.8. The van der Waals surface area contributed by atoms with Gasteiger partial charge in [-0.15, -0.1) is 0 Å². The zero-order chi connectivity index (χ0) is 13.5. The largest absolute Gasteiger partial charge is 0.325 e. The molecule has 0 heterocycles. The molecule has 0 aliphatic carbocycles. The highest BCUT2D eigenvalue weighted by molar-refractivity contribution is 7.99. The minimum atomic E-state index is -2.46. The van der Waals surface area contributed by atoms with Crippen LogP contribution in [0.2, 0.25) is 0 Å². The molecule has 3 nitrogen and oxygen atoms in total. The lowest BCUT2D eigenvalue weighted by atomic mass is 10.3. The van der Waals surface area contributed by atoms with Crippen LogP contribution in [0.1, 0.15) is 13.8 Å². The van der Waals surface area contributed by atoms with Crippen LogP contribution in [-0.4, -0.2) is 29.8 Å². The Morgan fingerprint density at radius 2 is 2.06 bits per heavy atom. The maximum Gasteiger partial charge on any atom is 0.321 e. The fourth-order valence-electron chi connectivity index (χ4n) is 1.46. The molecule has 1 rings (SSSR count). The summed E-state index contributed by atoms with van der Waals surface area (Å²) in [7, 11) is 0. The van der Waals surface area contributed by atoms with Crippen molar-refractivity contribution in [2.24, 2.45) is 0 Å². The lowest BCUT2D eigenvalue weighted by Gasteiger charge is -2.19. The first-order valence-electron chi connectivity index (χ1n) is 5.67. The normalized spacial score (nSPS) is 10.5. The zero-order valence-corrected chi connectivity index (χ0v) is 11.1. The van der Waals surface area contributed by atoms with E-state index in [1.54, 1.807) is 23.1 Å². The van der Waals surface area contributed by atoms with Crippen molar-refractivity contribution in [2.45, 2.75) is 24.5 Å². The number of carbonyl (C=O) groups is 1. The van der Waals surface area contributed by atoms with E-state index in [9.17, 15) is 13.6 Å². The molecule has 1 aromatic rings. The molecule has 1 N–H and O–H groups in total. The van der Waals surface area contributed by atoms with Gasteiger partial charge in [0.05, 0.1) is 0 Å². The number of halogens is 2. The Kier molecular flexibility index (Phi) is 5.91. The summed E-state index contributed by atoms with van der Waals surface area (Å²) < 4.78 is 24.4. The van der Waals surface area contributed by atoms with Gasteiger partial charge in [-0.1, -0.05) is 17.8 Å². The quantitative estimate of drug-likeness (QED) is 0.826. The molecule has 0 aromatic heterocycles. The van der Waals surface area contributed by atoms with Gasteiger partial charge in [-0.25, -0.2) is 4.79 Å². The molecule has 0 bridgehead atoms. The van der Waals surface area contributed by atoms with Crippen LogP contribution in [0, 0.1) is 0 Å². The molecule has 1 aromatic carbocycles. The van der Waals surface area contributed by atoms with Crippen molar-refractivity contribution in [1.82, 2.24) is 4.90 Å². The van der Waals surface area contributed by atoms with E-state index in [1.807, 2.05) is 13.8 Å². The van der Waals surface area contributed by atoms with Gasteiger partial charge in [0.1, 0.15) is 0 Å². The fraction of sp³-hybridized carbons (Fsp3) is 0.417. The molecule has 0 radical (unpaired) electrons. The second-order valence-corrected chi connectivity index (χ2v) is 4.57. The van der Waals surface area contributed by atoms with Crippen molar-refractivity contribution < 1.29 is 13.6 Å². The summed E-state index contributed by atoms with van der Waals surface area (Å²) in [5.41, 5.74) is 0.526. The predicted octanol–water partition coefficient (Wildman–Crippen LogP) is 3.88. The highest BCUT2D eigenvalue weighted by Gasteiger charge is 2.10. The van der Waals surface area contributed by atoms with Crippen molar-refractivity contribution in [1.29, 1.82) is 0 Å². The Labute approximate surface area is 110 Å². The van der Waals surface area contributed by atoms with Crippen LogP contribution in [-0.2, 0) is 0 Å². The van der Waals surface area contributed by atoms with E-state index in [1.165, 1.54) is 6.07 Å². The minimum Gasteiger partial charge on any atom is -0.325 e. The molecule has 0 saturated heterocycles. The van der Waals surface area contributed by atoms with Gasteiger partial charge in [0.15, 0.2) is 0 Å². The zero-order valence-electron chi connectivity index (χ0n) is 10.3. The molecular formula is C12H16F2N2OS. The van der Waals surface area contributed by atoms with Gasteiger partial charge in [0.25, 0.3) is 5.76 Å². The van der Waals surface area contributed by atoms with Crippen LogP contribution in [0.25, 0.3) is 0 Å². The third-order valence-corrected chi connectivity index (χ3v) is 3.07. The van der Waals surface area contributed by atoms with Gasteiger partial charge in [-0.3, -0.25) is 0 Å². The van der Waals surface area contributed by atoms with Crippen molar-refractivity contribution in [3.05, 3.63) is 24.3 Å². The Morgan fingerprint density at radius 1 is 1.39 bits per heavy atom. The van der Waals surface area contributed by atoms with E-state index < -0.39 is 5.76 Å². The van der Waals surface area contributed by atoms with Crippen molar-refractivity contribution in [3.8, 4) is 0 Å². The standard InChI is InChI=1S/C12H16F2N2OS/c1-3-16(4-2)12(17)15-9-6-5-7-10(8-9)18-11(13)14/h5-8,11H,3-4H2,1-2H3,(H,15,17). The van der Waals surface area contributed by atoms with Crippen LogP contribution in [0.3, 0.4) is 0 Å². The number of hydrogen-bond donors (Lipinski definition) is 1. The fourth-order valence-corrected chi connectivity index (χ4v) is 2.02. The number of hydrogen-bond acceptors (Lipinski definition) is 2. The average molecular weight is 274 g/mol. The molecule has 2 amide bonds. The van der Waals surface area contributed by atoms with Crippen LogP contribution in [0.4, 0.5) is 19.3 Å². The van der Waals surface area contributed by atoms with Gasteiger partial charge in [0.2, 0.25) is 0 Å². The summed E-state index contributed by atoms with van der Waals surface area (Å²) >= 11 is 0.461. The second kappa shape index (κ2) is 7.20. The average Bonchev–Trinajstić information content (AvgIpc) is 2.30. The van der Waals surface area contributed by atoms with Gasteiger partial charge in [-0.2, -0.15) is 8.78 Å². The van der Waals surface area contributed by atoms with E-state index in [0.717, 1.165) is 0 Å². The van der Waals surface area contributed by atoms with Gasteiger partial charge >= 0.3 is 6.03 Å². The monoisotopic (exact) mass is 274 g/mol. The molecule has 0 aliphatic heterocycles. The van der Waals surface area contributed by atoms with E-state index in [2.05, 4.69) is 5.32 Å². The first kappa shape index (κ1) is 14.8. The van der Waals surface area contributed by atoms with Crippen LogP contribution in [0.5, 0.6) is 0 Å².